The van der Waals surface area contributed by atoms with Gasteiger partial charge in [-0.2, -0.15) is 5.26 Å². The first-order valence-corrected chi connectivity index (χ1v) is 5.24. The third kappa shape index (κ3) is 2.85. The third-order valence-corrected chi connectivity index (χ3v) is 2.55. The lowest BCUT2D eigenvalue weighted by Crippen LogP contribution is -2.39. The Morgan fingerprint density at radius 2 is 2.13 bits per heavy atom. The highest BCUT2D eigenvalue weighted by Crippen LogP contribution is 2.25. The Morgan fingerprint density at radius 1 is 1.53 bits per heavy atom. The highest BCUT2D eigenvalue weighted by Gasteiger charge is 2.36. The van der Waals surface area contributed by atoms with Gasteiger partial charge in [0.15, 0.2) is 0 Å². The highest BCUT2D eigenvalue weighted by molar-refractivity contribution is 5.69. The van der Waals surface area contributed by atoms with Gasteiger partial charge in [0.05, 0.1) is 12.0 Å². The van der Waals surface area contributed by atoms with E-state index >= 15 is 0 Å². The van der Waals surface area contributed by atoms with Crippen LogP contribution in [0.2, 0.25) is 0 Å². The van der Waals surface area contributed by atoms with E-state index in [1.54, 1.807) is 4.90 Å². The van der Waals surface area contributed by atoms with Gasteiger partial charge in [0.25, 0.3) is 0 Å². The summed E-state index contributed by atoms with van der Waals surface area (Å²) in [6.07, 6.45) is 0.435. The zero-order valence-electron chi connectivity index (χ0n) is 9.78. The van der Waals surface area contributed by atoms with E-state index in [0.29, 0.717) is 6.54 Å². The van der Waals surface area contributed by atoms with E-state index in [-0.39, 0.29) is 18.1 Å². The number of carbonyl (C=O) groups is 1. The Morgan fingerprint density at radius 3 is 2.53 bits per heavy atom. The van der Waals surface area contributed by atoms with E-state index in [0.717, 1.165) is 6.42 Å². The molecule has 0 radical (unpaired) electrons. The number of likely N-dealkylation sites (tertiary alicyclic amines) is 1. The number of carbonyl (C=O) groups excluding carboxylic acids is 1. The van der Waals surface area contributed by atoms with Crippen LogP contribution in [0.15, 0.2) is 0 Å². The van der Waals surface area contributed by atoms with Gasteiger partial charge in [0.1, 0.15) is 5.60 Å². The molecule has 2 atom stereocenters. The summed E-state index contributed by atoms with van der Waals surface area (Å²) in [6, 6.07) is 2.17. The Kier molecular flexibility index (Phi) is 3.23. The fraction of sp³-hybridized carbons (Fsp3) is 0.818. The predicted octanol–water partition coefficient (Wildman–Crippen LogP) is 2.16. The molecule has 0 spiro atoms. The molecule has 0 aromatic rings. The maximum Gasteiger partial charge on any atom is 0.410 e. The van der Waals surface area contributed by atoms with E-state index in [9.17, 15) is 4.79 Å². The number of hydrogen-bond donors (Lipinski definition) is 0. The van der Waals surface area contributed by atoms with Crippen molar-refractivity contribution in [2.45, 2.75) is 45.8 Å². The van der Waals surface area contributed by atoms with E-state index in [1.807, 2.05) is 27.7 Å². The molecular formula is C11H18N2O2. The molecule has 2 unspecified atom stereocenters. The molecule has 1 saturated heterocycles. The van der Waals surface area contributed by atoms with Gasteiger partial charge in [-0.1, -0.05) is 0 Å². The second kappa shape index (κ2) is 4.09. The molecule has 84 valence electrons. The minimum absolute atomic E-state index is 0.0372. The first-order chi connectivity index (χ1) is 6.85. The van der Waals surface area contributed by atoms with Crippen LogP contribution in [0.25, 0.3) is 0 Å². The molecule has 0 aromatic carbocycles. The van der Waals surface area contributed by atoms with Gasteiger partial charge in [-0.15, -0.1) is 0 Å². The topological polar surface area (TPSA) is 53.3 Å². The maximum absolute atomic E-state index is 11.7. The van der Waals surface area contributed by atoms with Gasteiger partial charge in [0, 0.05) is 12.6 Å². The average Bonchev–Trinajstić information content (AvgIpc) is 2.43. The monoisotopic (exact) mass is 210 g/mol. The number of nitrogens with zero attached hydrogens (tertiary/aromatic N) is 2. The summed E-state index contributed by atoms with van der Waals surface area (Å²) in [4.78, 5) is 13.4. The molecule has 1 heterocycles. The minimum atomic E-state index is -0.471. The zero-order chi connectivity index (χ0) is 11.6. The van der Waals surface area contributed by atoms with Gasteiger partial charge in [-0.25, -0.2) is 4.79 Å². The molecular weight excluding hydrogens is 192 g/mol. The van der Waals surface area contributed by atoms with Crippen molar-refractivity contribution in [2.24, 2.45) is 5.92 Å². The molecule has 0 bridgehead atoms. The standard InChI is InChI=1S/C11H18N2O2/c1-8-9(7-12)5-6-13(8)10(14)15-11(2,3)4/h8-9H,5-6H2,1-4H3. The van der Waals surface area contributed by atoms with E-state index in [1.165, 1.54) is 0 Å². The number of rotatable bonds is 0. The largest absolute Gasteiger partial charge is 0.444 e. The van der Waals surface area contributed by atoms with E-state index in [2.05, 4.69) is 6.07 Å². The Balaban J connectivity index is 2.60. The summed E-state index contributed by atoms with van der Waals surface area (Å²) in [5.41, 5.74) is -0.471. The zero-order valence-corrected chi connectivity index (χ0v) is 9.78. The van der Waals surface area contributed by atoms with Crippen molar-refractivity contribution in [1.29, 1.82) is 5.26 Å². The number of amides is 1. The van der Waals surface area contributed by atoms with Crippen molar-refractivity contribution in [3.8, 4) is 6.07 Å². The molecule has 1 aliphatic rings. The van der Waals surface area contributed by atoms with Crippen molar-refractivity contribution in [2.75, 3.05) is 6.54 Å². The predicted molar refractivity (Wildman–Crippen MR) is 56.1 cm³/mol. The maximum atomic E-state index is 11.7. The van der Waals surface area contributed by atoms with Gasteiger partial charge in [0.2, 0.25) is 0 Å². The SMILES string of the molecule is CC1C(C#N)CCN1C(=O)OC(C)(C)C. The quantitative estimate of drug-likeness (QED) is 0.615. The summed E-state index contributed by atoms with van der Waals surface area (Å²) < 4.78 is 5.26. The summed E-state index contributed by atoms with van der Waals surface area (Å²) in [7, 11) is 0. The Labute approximate surface area is 90.8 Å². The molecule has 0 aliphatic carbocycles. The second-order valence-electron chi connectivity index (χ2n) is 4.94. The lowest BCUT2D eigenvalue weighted by molar-refractivity contribution is 0.0230. The smallest absolute Gasteiger partial charge is 0.410 e. The molecule has 0 saturated carbocycles. The summed E-state index contributed by atoms with van der Waals surface area (Å²) in [6.45, 7) is 8.04. The van der Waals surface area contributed by atoms with Crippen molar-refractivity contribution in [3.63, 3.8) is 0 Å². The van der Waals surface area contributed by atoms with Gasteiger partial charge in [-0.3, -0.25) is 0 Å². The number of hydrogen-bond acceptors (Lipinski definition) is 3. The molecule has 1 amide bonds. The average molecular weight is 210 g/mol. The van der Waals surface area contributed by atoms with Crippen LogP contribution in [0.5, 0.6) is 0 Å². The summed E-state index contributed by atoms with van der Waals surface area (Å²) in [5, 5.41) is 8.84. The number of ether oxygens (including phenoxy) is 1. The highest BCUT2D eigenvalue weighted by atomic mass is 16.6. The molecule has 1 aliphatic heterocycles. The van der Waals surface area contributed by atoms with E-state index in [4.69, 9.17) is 10.00 Å². The van der Waals surface area contributed by atoms with Crippen LogP contribution < -0.4 is 0 Å². The first kappa shape index (κ1) is 11.8. The van der Waals surface area contributed by atoms with Crippen molar-refractivity contribution in [3.05, 3.63) is 0 Å². The lowest BCUT2D eigenvalue weighted by atomic mass is 10.0. The fourth-order valence-corrected chi connectivity index (χ4v) is 1.69. The number of nitriles is 1. The summed E-state index contributed by atoms with van der Waals surface area (Å²) >= 11 is 0. The van der Waals surface area contributed by atoms with Crippen LogP contribution in [0, 0.1) is 17.2 Å². The lowest BCUT2D eigenvalue weighted by Gasteiger charge is -2.27. The van der Waals surface area contributed by atoms with Crippen molar-refractivity contribution >= 4 is 6.09 Å². The van der Waals surface area contributed by atoms with Crippen LogP contribution in [-0.2, 0) is 4.74 Å². The normalized spacial score (nSPS) is 26.2. The molecule has 15 heavy (non-hydrogen) atoms. The molecule has 0 aromatic heterocycles. The van der Waals surface area contributed by atoms with Gasteiger partial charge >= 0.3 is 6.09 Å². The molecule has 4 heteroatoms. The van der Waals surface area contributed by atoms with E-state index < -0.39 is 5.60 Å². The van der Waals surface area contributed by atoms with Crippen LogP contribution in [0.4, 0.5) is 4.79 Å². The molecule has 1 rings (SSSR count). The van der Waals surface area contributed by atoms with Crippen LogP contribution >= 0.6 is 0 Å². The molecule has 4 nitrogen and oxygen atoms in total. The third-order valence-electron chi connectivity index (χ3n) is 2.55. The van der Waals surface area contributed by atoms with Crippen LogP contribution in [0.1, 0.15) is 34.1 Å². The second-order valence-corrected chi connectivity index (χ2v) is 4.94. The van der Waals surface area contributed by atoms with Crippen molar-refractivity contribution in [1.82, 2.24) is 4.90 Å². The Hall–Kier alpha value is -1.24. The fourth-order valence-electron chi connectivity index (χ4n) is 1.69. The van der Waals surface area contributed by atoms with Crippen LogP contribution in [0.3, 0.4) is 0 Å². The van der Waals surface area contributed by atoms with Gasteiger partial charge < -0.3 is 9.64 Å². The first-order valence-electron chi connectivity index (χ1n) is 5.24. The molecule has 0 N–H and O–H groups in total. The Bertz CT molecular complexity index is 288. The molecule has 1 fully saturated rings. The summed E-state index contributed by atoms with van der Waals surface area (Å²) in [5.74, 6) is -0.0579. The van der Waals surface area contributed by atoms with Crippen molar-refractivity contribution < 1.29 is 9.53 Å². The van der Waals surface area contributed by atoms with Crippen LogP contribution in [-0.4, -0.2) is 29.2 Å². The van der Waals surface area contributed by atoms with Gasteiger partial charge in [-0.05, 0) is 34.1 Å². The minimum Gasteiger partial charge on any atom is -0.444 e.